The predicted octanol–water partition coefficient (Wildman–Crippen LogP) is 3.87. The highest BCUT2D eigenvalue weighted by Crippen LogP contribution is 2.20. The van der Waals surface area contributed by atoms with Gasteiger partial charge in [0.2, 0.25) is 5.88 Å². The van der Waals surface area contributed by atoms with E-state index in [1.807, 2.05) is 12.1 Å². The number of nitrogens with zero attached hydrogens (tertiary/aromatic N) is 2. The van der Waals surface area contributed by atoms with E-state index in [9.17, 15) is 4.79 Å². The average Bonchev–Trinajstić information content (AvgIpc) is 2.55. The van der Waals surface area contributed by atoms with E-state index in [0.29, 0.717) is 25.0 Å². The Labute approximate surface area is 140 Å². The molecule has 0 saturated carbocycles. The minimum absolute atomic E-state index is 0.178. The van der Waals surface area contributed by atoms with Crippen molar-refractivity contribution in [3.63, 3.8) is 0 Å². The number of aromatic nitrogens is 1. The van der Waals surface area contributed by atoms with E-state index in [1.165, 1.54) is 0 Å². The summed E-state index contributed by atoms with van der Waals surface area (Å²) in [4.78, 5) is 17.8. The lowest BCUT2D eigenvalue weighted by Crippen LogP contribution is -2.40. The molecule has 1 amide bonds. The number of piperidine rings is 1. The average molecular weight is 371 g/mol. The standard InChI is InChI=1S/C16H23BrN2O3/c1-2-3-10-21-16(20)19-8-6-13(7-9-19)12-22-15-5-4-14(17)11-18-15/h4-5,11,13H,2-3,6-10,12H2,1H3. The summed E-state index contributed by atoms with van der Waals surface area (Å²) in [6.45, 7) is 4.74. The van der Waals surface area contributed by atoms with Crippen LogP contribution in [0.1, 0.15) is 32.6 Å². The van der Waals surface area contributed by atoms with Crippen LogP contribution in [0.5, 0.6) is 5.88 Å². The molecule has 1 saturated heterocycles. The number of hydrogen-bond acceptors (Lipinski definition) is 4. The van der Waals surface area contributed by atoms with Gasteiger partial charge in [-0.2, -0.15) is 0 Å². The van der Waals surface area contributed by atoms with Crippen molar-refractivity contribution < 1.29 is 14.3 Å². The maximum absolute atomic E-state index is 11.8. The van der Waals surface area contributed by atoms with Gasteiger partial charge in [0.05, 0.1) is 13.2 Å². The molecule has 1 aliphatic rings. The number of hydrogen-bond donors (Lipinski definition) is 0. The summed E-state index contributed by atoms with van der Waals surface area (Å²) in [5.74, 6) is 1.11. The highest BCUT2D eigenvalue weighted by Gasteiger charge is 2.24. The van der Waals surface area contributed by atoms with Crippen LogP contribution in [-0.2, 0) is 4.74 Å². The third-order valence-corrected chi connectivity index (χ3v) is 4.23. The maximum Gasteiger partial charge on any atom is 0.409 e. The monoisotopic (exact) mass is 370 g/mol. The Morgan fingerprint density at radius 3 is 2.82 bits per heavy atom. The van der Waals surface area contributed by atoms with Crippen LogP contribution in [0.15, 0.2) is 22.8 Å². The molecular formula is C16H23BrN2O3. The fourth-order valence-electron chi connectivity index (χ4n) is 2.33. The first kappa shape index (κ1) is 17.1. The zero-order valence-electron chi connectivity index (χ0n) is 13.0. The fourth-order valence-corrected chi connectivity index (χ4v) is 2.56. The van der Waals surface area contributed by atoms with Crippen molar-refractivity contribution in [2.24, 2.45) is 5.92 Å². The zero-order valence-corrected chi connectivity index (χ0v) is 14.5. The smallest absolute Gasteiger partial charge is 0.409 e. The molecule has 6 heteroatoms. The lowest BCUT2D eigenvalue weighted by atomic mass is 9.98. The number of carbonyl (C=O) groups is 1. The van der Waals surface area contributed by atoms with Crippen LogP contribution in [-0.4, -0.2) is 42.3 Å². The third kappa shape index (κ3) is 5.48. The van der Waals surface area contributed by atoms with Gasteiger partial charge in [-0.1, -0.05) is 13.3 Å². The van der Waals surface area contributed by atoms with Crippen LogP contribution in [0.3, 0.4) is 0 Å². The molecule has 2 heterocycles. The number of rotatable bonds is 6. The van der Waals surface area contributed by atoms with E-state index < -0.39 is 0 Å². The van der Waals surface area contributed by atoms with Gasteiger partial charge in [0, 0.05) is 29.8 Å². The minimum Gasteiger partial charge on any atom is -0.477 e. The van der Waals surface area contributed by atoms with Gasteiger partial charge in [0.15, 0.2) is 0 Å². The quantitative estimate of drug-likeness (QED) is 0.713. The Hall–Kier alpha value is -1.30. The largest absolute Gasteiger partial charge is 0.477 e. The molecule has 0 aliphatic carbocycles. The van der Waals surface area contributed by atoms with Gasteiger partial charge in [0.1, 0.15) is 0 Å². The Morgan fingerprint density at radius 1 is 1.41 bits per heavy atom. The van der Waals surface area contributed by atoms with E-state index in [0.717, 1.165) is 43.2 Å². The molecule has 22 heavy (non-hydrogen) atoms. The Kier molecular flexibility index (Phi) is 6.96. The van der Waals surface area contributed by atoms with Crippen LogP contribution in [0.25, 0.3) is 0 Å². The summed E-state index contributed by atoms with van der Waals surface area (Å²) >= 11 is 3.35. The van der Waals surface area contributed by atoms with Crippen molar-refractivity contribution >= 4 is 22.0 Å². The molecule has 1 aromatic heterocycles. The summed E-state index contributed by atoms with van der Waals surface area (Å²) in [6.07, 6.45) is 5.40. The molecule has 0 N–H and O–H groups in total. The van der Waals surface area contributed by atoms with E-state index in [2.05, 4.69) is 27.8 Å². The second-order valence-corrected chi connectivity index (χ2v) is 6.44. The lowest BCUT2D eigenvalue weighted by molar-refractivity contribution is 0.0796. The molecule has 0 unspecified atom stereocenters. The van der Waals surface area contributed by atoms with Crippen molar-refractivity contribution in [1.29, 1.82) is 0 Å². The number of unbranched alkanes of at least 4 members (excludes halogenated alkanes) is 1. The highest BCUT2D eigenvalue weighted by atomic mass is 79.9. The van der Waals surface area contributed by atoms with Crippen molar-refractivity contribution in [2.45, 2.75) is 32.6 Å². The zero-order chi connectivity index (χ0) is 15.8. The van der Waals surface area contributed by atoms with Gasteiger partial charge in [-0.05, 0) is 47.2 Å². The number of amides is 1. The first-order valence-electron chi connectivity index (χ1n) is 7.85. The molecule has 0 spiro atoms. The lowest BCUT2D eigenvalue weighted by Gasteiger charge is -2.31. The van der Waals surface area contributed by atoms with E-state index in [4.69, 9.17) is 9.47 Å². The predicted molar refractivity (Wildman–Crippen MR) is 88.0 cm³/mol. The number of likely N-dealkylation sites (tertiary alicyclic amines) is 1. The van der Waals surface area contributed by atoms with E-state index >= 15 is 0 Å². The van der Waals surface area contributed by atoms with Crippen LogP contribution in [0.4, 0.5) is 4.79 Å². The number of carbonyl (C=O) groups excluding carboxylic acids is 1. The van der Waals surface area contributed by atoms with Crippen LogP contribution < -0.4 is 4.74 Å². The molecule has 5 nitrogen and oxygen atoms in total. The van der Waals surface area contributed by atoms with Crippen molar-refractivity contribution in [3.8, 4) is 5.88 Å². The second kappa shape index (κ2) is 8.98. The van der Waals surface area contributed by atoms with Crippen LogP contribution in [0, 0.1) is 5.92 Å². The normalized spacial score (nSPS) is 15.6. The summed E-state index contributed by atoms with van der Waals surface area (Å²) in [5, 5.41) is 0. The van der Waals surface area contributed by atoms with Crippen LogP contribution in [0.2, 0.25) is 0 Å². The number of pyridine rings is 1. The number of ether oxygens (including phenoxy) is 2. The summed E-state index contributed by atoms with van der Waals surface area (Å²) in [7, 11) is 0. The molecule has 1 fully saturated rings. The topological polar surface area (TPSA) is 51.7 Å². The minimum atomic E-state index is -0.178. The molecule has 122 valence electrons. The van der Waals surface area contributed by atoms with Crippen molar-refractivity contribution in [2.75, 3.05) is 26.3 Å². The first-order valence-corrected chi connectivity index (χ1v) is 8.64. The highest BCUT2D eigenvalue weighted by molar-refractivity contribution is 9.10. The molecule has 1 aromatic rings. The first-order chi connectivity index (χ1) is 10.7. The fraction of sp³-hybridized carbons (Fsp3) is 0.625. The Morgan fingerprint density at radius 2 is 2.18 bits per heavy atom. The van der Waals surface area contributed by atoms with Crippen LogP contribution >= 0.6 is 15.9 Å². The van der Waals surface area contributed by atoms with Crippen molar-refractivity contribution in [3.05, 3.63) is 22.8 Å². The second-order valence-electron chi connectivity index (χ2n) is 5.52. The molecule has 0 atom stereocenters. The Balaban J connectivity index is 1.66. The van der Waals surface area contributed by atoms with Gasteiger partial charge in [0.25, 0.3) is 0 Å². The number of halogens is 1. The van der Waals surface area contributed by atoms with Gasteiger partial charge in [-0.25, -0.2) is 9.78 Å². The summed E-state index contributed by atoms with van der Waals surface area (Å²) < 4.78 is 11.9. The van der Waals surface area contributed by atoms with E-state index in [-0.39, 0.29) is 6.09 Å². The maximum atomic E-state index is 11.8. The Bertz CT molecular complexity index is 459. The molecule has 1 aliphatic heterocycles. The van der Waals surface area contributed by atoms with Gasteiger partial charge in [-0.15, -0.1) is 0 Å². The van der Waals surface area contributed by atoms with E-state index in [1.54, 1.807) is 11.1 Å². The summed E-state index contributed by atoms with van der Waals surface area (Å²) in [5.41, 5.74) is 0. The molecular weight excluding hydrogens is 348 g/mol. The molecule has 2 rings (SSSR count). The van der Waals surface area contributed by atoms with Gasteiger partial charge < -0.3 is 14.4 Å². The van der Waals surface area contributed by atoms with Gasteiger partial charge in [-0.3, -0.25) is 0 Å². The summed E-state index contributed by atoms with van der Waals surface area (Å²) in [6, 6.07) is 3.77. The molecule has 0 bridgehead atoms. The third-order valence-electron chi connectivity index (χ3n) is 3.76. The van der Waals surface area contributed by atoms with Crippen molar-refractivity contribution in [1.82, 2.24) is 9.88 Å². The molecule has 0 radical (unpaired) electrons. The SMILES string of the molecule is CCCCOC(=O)N1CCC(COc2ccc(Br)cn2)CC1. The molecule has 0 aromatic carbocycles. The van der Waals surface area contributed by atoms with Gasteiger partial charge >= 0.3 is 6.09 Å².